The molecule has 1 N–H and O–H groups in total. The van der Waals surface area contributed by atoms with Crippen LogP contribution < -0.4 is 5.32 Å². The third-order valence-corrected chi connectivity index (χ3v) is 6.43. The molecule has 1 saturated heterocycles. The monoisotopic (exact) mass is 273 g/mol. The van der Waals surface area contributed by atoms with Crippen LogP contribution in [0, 0.1) is 5.41 Å². The minimum Gasteiger partial charge on any atom is -0.377 e. The lowest BCUT2D eigenvalue weighted by molar-refractivity contribution is 0.127. The van der Waals surface area contributed by atoms with Crippen molar-refractivity contribution in [3.8, 4) is 0 Å². The van der Waals surface area contributed by atoms with Gasteiger partial charge in [0.15, 0.2) is 0 Å². The van der Waals surface area contributed by atoms with Crippen LogP contribution in [0.1, 0.15) is 46.0 Å². The molecule has 1 saturated carbocycles. The summed E-state index contributed by atoms with van der Waals surface area (Å²) in [4.78, 5) is 0. The fourth-order valence-electron chi connectivity index (χ4n) is 3.53. The first-order valence-electron chi connectivity index (χ1n) is 7.20. The topological polar surface area (TPSA) is 38.3 Å². The third kappa shape index (κ3) is 3.14. The second-order valence-corrected chi connectivity index (χ2v) is 8.07. The summed E-state index contributed by atoms with van der Waals surface area (Å²) in [7, 11) is 1.25. The predicted molar refractivity (Wildman–Crippen MR) is 76.3 cm³/mol. The Morgan fingerprint density at radius 1 is 1.33 bits per heavy atom. The van der Waals surface area contributed by atoms with Gasteiger partial charge in [-0.2, -0.15) is 0 Å². The lowest BCUT2D eigenvalue weighted by Crippen LogP contribution is -2.53. The van der Waals surface area contributed by atoms with E-state index in [1.165, 1.54) is 12.8 Å². The molecular weight excluding hydrogens is 246 g/mol. The Kier molecular flexibility index (Phi) is 4.84. The van der Waals surface area contributed by atoms with Gasteiger partial charge in [-0.3, -0.25) is 4.21 Å². The summed E-state index contributed by atoms with van der Waals surface area (Å²) in [5.74, 6) is 0.735. The Morgan fingerprint density at radius 2 is 2.11 bits per heavy atom. The normalized spacial score (nSPS) is 37.6. The zero-order chi connectivity index (χ0) is 13.2. The first-order chi connectivity index (χ1) is 8.54. The third-order valence-electron chi connectivity index (χ3n) is 4.55. The van der Waals surface area contributed by atoms with Crippen molar-refractivity contribution >= 4 is 10.8 Å². The van der Waals surface area contributed by atoms with Gasteiger partial charge < -0.3 is 10.1 Å². The van der Waals surface area contributed by atoms with Gasteiger partial charge >= 0.3 is 0 Å². The molecule has 2 rings (SSSR count). The Hall–Kier alpha value is 0.0700. The molecule has 4 heteroatoms. The molecular formula is C14H27NO2S. The minimum atomic E-state index is -0.760. The Morgan fingerprint density at radius 3 is 2.72 bits per heavy atom. The van der Waals surface area contributed by atoms with Crippen molar-refractivity contribution in [1.82, 2.24) is 5.32 Å². The molecule has 1 aliphatic carbocycles. The van der Waals surface area contributed by atoms with Crippen molar-refractivity contribution in [3.05, 3.63) is 0 Å². The van der Waals surface area contributed by atoms with Crippen molar-refractivity contribution < 1.29 is 8.95 Å². The van der Waals surface area contributed by atoms with E-state index in [1.807, 2.05) is 7.05 Å². The van der Waals surface area contributed by atoms with Crippen molar-refractivity contribution in [3.63, 3.8) is 0 Å². The summed E-state index contributed by atoms with van der Waals surface area (Å²) < 4.78 is 18.2. The largest absolute Gasteiger partial charge is 0.377 e. The number of hydrogen-bond acceptors (Lipinski definition) is 3. The maximum absolute atomic E-state index is 12.6. The summed E-state index contributed by atoms with van der Waals surface area (Å²) in [6, 6.07) is 0.369. The highest BCUT2D eigenvalue weighted by molar-refractivity contribution is 7.85. The summed E-state index contributed by atoms with van der Waals surface area (Å²) in [5, 5.41) is 3.71. The van der Waals surface area contributed by atoms with E-state index in [2.05, 4.69) is 19.2 Å². The van der Waals surface area contributed by atoms with Crippen LogP contribution in [-0.2, 0) is 15.5 Å². The average molecular weight is 273 g/mol. The highest BCUT2D eigenvalue weighted by atomic mass is 32.2. The standard InChI is InChI=1S/C14H27NO2S/c1-14(2)8-4-7-12(13(14)15-3)18(16)10-11-6-5-9-17-11/h11-13,15H,4-10H2,1-3H3. The van der Waals surface area contributed by atoms with Crippen LogP contribution in [0.4, 0.5) is 0 Å². The summed E-state index contributed by atoms with van der Waals surface area (Å²) in [5.41, 5.74) is 0.254. The molecule has 2 fully saturated rings. The summed E-state index contributed by atoms with van der Waals surface area (Å²) >= 11 is 0. The lowest BCUT2D eigenvalue weighted by atomic mass is 9.73. The molecule has 106 valence electrons. The highest BCUT2D eigenvalue weighted by Crippen LogP contribution is 2.38. The predicted octanol–water partition coefficient (Wildman–Crippen LogP) is 2.08. The molecule has 0 aromatic carbocycles. The first kappa shape index (κ1) is 14.5. The first-order valence-corrected chi connectivity index (χ1v) is 8.59. The van der Waals surface area contributed by atoms with Crippen LogP contribution in [-0.4, -0.2) is 41.0 Å². The van der Waals surface area contributed by atoms with Gasteiger partial charge in [0.2, 0.25) is 0 Å². The van der Waals surface area contributed by atoms with Crippen LogP contribution in [0.25, 0.3) is 0 Å². The van der Waals surface area contributed by atoms with Gasteiger partial charge in [-0.05, 0) is 38.1 Å². The van der Waals surface area contributed by atoms with E-state index >= 15 is 0 Å². The smallest absolute Gasteiger partial charge is 0.0691 e. The highest BCUT2D eigenvalue weighted by Gasteiger charge is 2.41. The van der Waals surface area contributed by atoms with Crippen LogP contribution in [0.3, 0.4) is 0 Å². The number of nitrogens with one attached hydrogen (secondary N) is 1. The zero-order valence-electron chi connectivity index (χ0n) is 11.9. The van der Waals surface area contributed by atoms with Crippen molar-refractivity contribution in [1.29, 1.82) is 0 Å². The quantitative estimate of drug-likeness (QED) is 0.852. The molecule has 18 heavy (non-hydrogen) atoms. The molecule has 1 heterocycles. The Balaban J connectivity index is 1.98. The zero-order valence-corrected chi connectivity index (χ0v) is 12.7. The van der Waals surface area contributed by atoms with Crippen LogP contribution in [0.2, 0.25) is 0 Å². The van der Waals surface area contributed by atoms with Crippen molar-refractivity contribution in [2.24, 2.45) is 5.41 Å². The second-order valence-electron chi connectivity index (χ2n) is 6.37. The van der Waals surface area contributed by atoms with E-state index in [1.54, 1.807) is 0 Å². The van der Waals surface area contributed by atoms with Crippen LogP contribution in [0.5, 0.6) is 0 Å². The number of hydrogen-bond donors (Lipinski definition) is 1. The Labute approximate surface area is 114 Å². The fraction of sp³-hybridized carbons (Fsp3) is 1.00. The molecule has 2 aliphatic rings. The fourth-order valence-corrected chi connectivity index (χ4v) is 5.64. The molecule has 3 nitrogen and oxygen atoms in total. The molecule has 0 radical (unpaired) electrons. The lowest BCUT2D eigenvalue weighted by Gasteiger charge is -2.43. The van der Waals surface area contributed by atoms with Crippen LogP contribution in [0.15, 0.2) is 0 Å². The maximum atomic E-state index is 12.6. The molecule has 1 aliphatic heterocycles. The summed E-state index contributed by atoms with van der Waals surface area (Å²) in [6.45, 7) is 5.45. The SMILES string of the molecule is CNC1C(S(=O)CC2CCCO2)CCCC1(C)C. The van der Waals surface area contributed by atoms with Gasteiger partial charge in [0.25, 0.3) is 0 Å². The molecule has 0 aromatic heterocycles. The van der Waals surface area contributed by atoms with Gasteiger partial charge in [0.05, 0.1) is 17.1 Å². The van der Waals surface area contributed by atoms with Crippen molar-refractivity contribution in [2.45, 2.75) is 63.3 Å². The molecule has 4 atom stereocenters. The van der Waals surface area contributed by atoms with Gasteiger partial charge in [-0.15, -0.1) is 0 Å². The summed E-state index contributed by atoms with van der Waals surface area (Å²) in [6.07, 6.45) is 5.99. The van der Waals surface area contributed by atoms with Gasteiger partial charge in [-0.25, -0.2) is 0 Å². The van der Waals surface area contributed by atoms with E-state index in [9.17, 15) is 4.21 Å². The van der Waals surface area contributed by atoms with E-state index in [-0.39, 0.29) is 11.5 Å². The van der Waals surface area contributed by atoms with Gasteiger partial charge in [0.1, 0.15) is 0 Å². The minimum absolute atomic E-state index is 0.244. The molecule has 0 bridgehead atoms. The van der Waals surface area contributed by atoms with E-state index < -0.39 is 10.8 Å². The van der Waals surface area contributed by atoms with Crippen LogP contribution >= 0.6 is 0 Å². The molecule has 0 amide bonds. The molecule has 0 aromatic rings. The average Bonchev–Trinajstić information content (AvgIpc) is 2.80. The number of rotatable bonds is 4. The van der Waals surface area contributed by atoms with E-state index in [0.717, 1.165) is 31.6 Å². The van der Waals surface area contributed by atoms with E-state index in [0.29, 0.717) is 11.3 Å². The van der Waals surface area contributed by atoms with E-state index in [4.69, 9.17) is 4.74 Å². The van der Waals surface area contributed by atoms with Crippen molar-refractivity contribution in [2.75, 3.05) is 19.4 Å². The molecule has 0 spiro atoms. The maximum Gasteiger partial charge on any atom is 0.0691 e. The molecule has 4 unspecified atom stereocenters. The Bertz CT molecular complexity index is 300. The number of ether oxygens (including phenoxy) is 1. The van der Waals surface area contributed by atoms with Gasteiger partial charge in [-0.1, -0.05) is 20.3 Å². The second kappa shape index (κ2) is 6.02. The van der Waals surface area contributed by atoms with Gasteiger partial charge in [0, 0.05) is 23.4 Å².